The molecule has 0 radical (unpaired) electrons. The molecule has 0 atom stereocenters. The summed E-state index contributed by atoms with van der Waals surface area (Å²) in [7, 11) is 0. The molecule has 4 nitrogen and oxygen atoms in total. The number of ether oxygens (including phenoxy) is 1. The Kier molecular flexibility index (Phi) is 6.38. The predicted molar refractivity (Wildman–Crippen MR) is 119 cm³/mol. The Morgan fingerprint density at radius 2 is 2.04 bits per heavy atom. The Labute approximate surface area is 184 Å². The van der Waals surface area contributed by atoms with Gasteiger partial charge in [0, 0.05) is 0 Å². The maximum absolute atomic E-state index is 12.9. The van der Waals surface area contributed by atoms with Crippen LogP contribution in [0.25, 0.3) is 6.08 Å². The summed E-state index contributed by atoms with van der Waals surface area (Å²) in [5.74, 6) is 0.0842. The van der Waals surface area contributed by atoms with E-state index in [1.165, 1.54) is 16.7 Å². The van der Waals surface area contributed by atoms with Crippen LogP contribution in [0.15, 0.2) is 39.7 Å². The van der Waals surface area contributed by atoms with Gasteiger partial charge in [-0.25, -0.2) is 0 Å². The average molecular weight is 505 g/mol. The molecule has 1 heterocycles. The molecule has 1 N–H and O–H groups in total. The van der Waals surface area contributed by atoms with Crippen LogP contribution in [0, 0.1) is 0 Å². The zero-order chi connectivity index (χ0) is 19.7. The van der Waals surface area contributed by atoms with Crippen LogP contribution < -0.4 is 9.64 Å². The highest BCUT2D eigenvalue weighted by Gasteiger charge is 2.33. The largest absolute Gasteiger partial charge is 0.503 e. The first kappa shape index (κ1) is 20.5. The lowest BCUT2D eigenvalue weighted by Crippen LogP contribution is -2.27. The lowest BCUT2D eigenvalue weighted by Gasteiger charge is -2.15. The topological polar surface area (TPSA) is 49.8 Å². The van der Waals surface area contributed by atoms with Gasteiger partial charge in [0.1, 0.15) is 0 Å². The van der Waals surface area contributed by atoms with Gasteiger partial charge in [-0.05, 0) is 64.8 Å². The van der Waals surface area contributed by atoms with Gasteiger partial charge in [-0.15, -0.1) is 0 Å². The van der Waals surface area contributed by atoms with Crippen molar-refractivity contribution in [1.29, 1.82) is 0 Å². The van der Waals surface area contributed by atoms with Crippen molar-refractivity contribution in [3.05, 3.63) is 55.3 Å². The lowest BCUT2D eigenvalue weighted by atomic mass is 10.2. The third-order valence-electron chi connectivity index (χ3n) is 3.60. The Morgan fingerprint density at radius 1 is 1.30 bits per heavy atom. The van der Waals surface area contributed by atoms with Crippen LogP contribution >= 0.6 is 63.1 Å². The molecule has 9 heteroatoms. The number of nitrogens with zero attached hydrogens (tertiary/aromatic N) is 1. The molecule has 0 saturated carbocycles. The Hall–Kier alpha value is -1.25. The fourth-order valence-electron chi connectivity index (χ4n) is 2.41. The fourth-order valence-corrected chi connectivity index (χ4v) is 4.46. The van der Waals surface area contributed by atoms with Crippen LogP contribution in [-0.2, 0) is 4.79 Å². The summed E-state index contributed by atoms with van der Waals surface area (Å²) in [6, 6.07) is 8.26. The van der Waals surface area contributed by atoms with E-state index in [0.29, 0.717) is 47.4 Å². The number of benzene rings is 2. The maximum Gasteiger partial charge on any atom is 0.270 e. The molecule has 3 rings (SSSR count). The van der Waals surface area contributed by atoms with Crippen LogP contribution in [0.3, 0.4) is 0 Å². The molecule has 27 heavy (non-hydrogen) atoms. The number of hydrogen-bond donors (Lipinski definition) is 1. The number of phenols is 1. The summed E-state index contributed by atoms with van der Waals surface area (Å²) in [4.78, 5) is 14.7. The van der Waals surface area contributed by atoms with Crippen molar-refractivity contribution >= 4 is 85.1 Å². The lowest BCUT2D eigenvalue weighted by molar-refractivity contribution is -0.113. The molecule has 1 fully saturated rings. The zero-order valence-corrected chi connectivity index (χ0v) is 18.6. The number of halogens is 3. The van der Waals surface area contributed by atoms with Gasteiger partial charge < -0.3 is 9.84 Å². The summed E-state index contributed by atoms with van der Waals surface area (Å²) in [6.45, 7) is 2.23. The molecule has 0 unspecified atom stereocenters. The number of carbonyl (C=O) groups is 1. The Morgan fingerprint density at radius 3 is 2.70 bits per heavy atom. The van der Waals surface area contributed by atoms with Gasteiger partial charge in [0.15, 0.2) is 15.8 Å². The van der Waals surface area contributed by atoms with Crippen LogP contribution in [0.5, 0.6) is 11.5 Å². The Balaban J connectivity index is 1.96. The minimum absolute atomic E-state index is 0.0114. The molecule has 0 bridgehead atoms. The summed E-state index contributed by atoms with van der Waals surface area (Å²) in [6.07, 6.45) is 1.70. The smallest absolute Gasteiger partial charge is 0.270 e. The molecule has 0 aromatic heterocycles. The minimum Gasteiger partial charge on any atom is -0.503 e. The first-order valence-corrected chi connectivity index (χ1v) is 10.5. The number of rotatable bonds is 4. The van der Waals surface area contributed by atoms with E-state index in [2.05, 4.69) is 15.9 Å². The average Bonchev–Trinajstić information content (AvgIpc) is 2.89. The molecular formula is C18H12BrCl2NO3S2. The summed E-state index contributed by atoms with van der Waals surface area (Å²) < 4.78 is 6.29. The predicted octanol–water partition coefficient (Wildman–Crippen LogP) is 6.27. The van der Waals surface area contributed by atoms with Gasteiger partial charge in [-0.2, -0.15) is 0 Å². The van der Waals surface area contributed by atoms with Crippen LogP contribution in [0.1, 0.15) is 12.5 Å². The highest BCUT2D eigenvalue weighted by atomic mass is 79.9. The molecule has 0 aliphatic carbocycles. The minimum atomic E-state index is -0.259. The quantitative estimate of drug-likeness (QED) is 0.393. The molecule has 0 spiro atoms. The van der Waals surface area contributed by atoms with Gasteiger partial charge in [-0.3, -0.25) is 9.69 Å². The van der Waals surface area contributed by atoms with Crippen molar-refractivity contribution in [2.24, 2.45) is 0 Å². The van der Waals surface area contributed by atoms with Crippen molar-refractivity contribution < 1.29 is 14.6 Å². The second kappa shape index (κ2) is 8.41. The van der Waals surface area contributed by atoms with Crippen molar-refractivity contribution in [3.8, 4) is 11.5 Å². The number of phenolic OH excluding ortho intramolecular Hbond substituents is 1. The van der Waals surface area contributed by atoms with Gasteiger partial charge in [0.2, 0.25) is 0 Å². The molecule has 140 valence electrons. The van der Waals surface area contributed by atoms with Crippen molar-refractivity contribution in [3.63, 3.8) is 0 Å². The van der Waals surface area contributed by atoms with Crippen LogP contribution in [-0.4, -0.2) is 21.9 Å². The van der Waals surface area contributed by atoms with E-state index in [1.807, 2.05) is 6.92 Å². The number of aromatic hydroxyl groups is 1. The third-order valence-corrected chi connectivity index (χ3v) is 6.25. The van der Waals surface area contributed by atoms with E-state index in [0.717, 1.165) is 0 Å². The number of amides is 1. The number of carbonyl (C=O) groups excluding carboxylic acids is 1. The molecule has 1 aliphatic rings. The van der Waals surface area contributed by atoms with E-state index < -0.39 is 0 Å². The highest BCUT2D eigenvalue weighted by molar-refractivity contribution is 9.10. The van der Waals surface area contributed by atoms with Gasteiger partial charge in [-0.1, -0.05) is 47.2 Å². The van der Waals surface area contributed by atoms with E-state index in [1.54, 1.807) is 36.4 Å². The highest BCUT2D eigenvalue weighted by Crippen LogP contribution is 2.40. The molecule has 1 amide bonds. The first-order chi connectivity index (χ1) is 12.8. The van der Waals surface area contributed by atoms with Gasteiger partial charge in [0.05, 0.1) is 31.7 Å². The normalized spacial score (nSPS) is 15.7. The second-order valence-corrected chi connectivity index (χ2v) is 8.74. The van der Waals surface area contributed by atoms with Gasteiger partial charge >= 0.3 is 0 Å². The molecule has 2 aromatic carbocycles. The van der Waals surface area contributed by atoms with E-state index in [9.17, 15) is 9.90 Å². The first-order valence-electron chi connectivity index (χ1n) is 7.70. The fraction of sp³-hybridized carbons (Fsp3) is 0.111. The van der Waals surface area contributed by atoms with Crippen molar-refractivity contribution in [1.82, 2.24) is 0 Å². The second-order valence-electron chi connectivity index (χ2n) is 5.40. The Bertz CT molecular complexity index is 981. The van der Waals surface area contributed by atoms with E-state index in [4.69, 9.17) is 40.2 Å². The summed E-state index contributed by atoms with van der Waals surface area (Å²) >= 11 is 21.8. The van der Waals surface area contributed by atoms with Crippen molar-refractivity contribution in [2.75, 3.05) is 11.5 Å². The van der Waals surface area contributed by atoms with E-state index in [-0.39, 0.29) is 11.7 Å². The number of anilines is 1. The monoisotopic (exact) mass is 503 g/mol. The molecule has 1 saturated heterocycles. The molecule has 1 aliphatic heterocycles. The standard InChI is InChI=1S/C18H12BrCl2NO3S2/c1-2-25-14-6-9(5-11(19)16(14)23)7-15-17(24)22(18(26)27-15)10-3-4-12(20)13(21)8-10/h3-8,23H,2H2,1H3/b15-7-. The number of thioether (sulfide) groups is 1. The summed E-state index contributed by atoms with van der Waals surface area (Å²) in [5.41, 5.74) is 1.25. The maximum atomic E-state index is 12.9. The number of hydrogen-bond acceptors (Lipinski definition) is 5. The van der Waals surface area contributed by atoms with Crippen LogP contribution in [0.4, 0.5) is 5.69 Å². The van der Waals surface area contributed by atoms with Crippen LogP contribution in [0.2, 0.25) is 10.0 Å². The van der Waals surface area contributed by atoms with Gasteiger partial charge in [0.25, 0.3) is 5.91 Å². The summed E-state index contributed by atoms with van der Waals surface area (Å²) in [5, 5.41) is 10.8. The van der Waals surface area contributed by atoms with E-state index >= 15 is 0 Å². The molecular weight excluding hydrogens is 493 g/mol. The number of thiocarbonyl (C=S) groups is 1. The SMILES string of the molecule is CCOc1cc(/C=C2\SC(=S)N(c3ccc(Cl)c(Cl)c3)C2=O)cc(Br)c1O. The third kappa shape index (κ3) is 4.27. The zero-order valence-electron chi connectivity index (χ0n) is 13.8. The molecule has 2 aromatic rings. The van der Waals surface area contributed by atoms with Crippen molar-refractivity contribution in [2.45, 2.75) is 6.92 Å².